The molecule has 39 heavy (non-hydrogen) atoms. The van der Waals surface area contributed by atoms with E-state index in [-0.39, 0.29) is 5.91 Å². The van der Waals surface area contributed by atoms with Crippen LogP contribution in [-0.4, -0.2) is 31.6 Å². The monoisotopic (exact) mass is 523 g/mol. The van der Waals surface area contributed by atoms with Crippen molar-refractivity contribution in [1.82, 2.24) is 5.32 Å². The number of hydrogen-bond donors (Lipinski definition) is 1. The predicted octanol–water partition coefficient (Wildman–Crippen LogP) is 5.79. The lowest BCUT2D eigenvalue weighted by atomic mass is 10.0. The molecule has 4 rings (SSSR count). The maximum atomic E-state index is 12.9. The second kappa shape index (κ2) is 14.4. The van der Waals surface area contributed by atoms with E-state index in [1.165, 1.54) is 12.7 Å². The van der Waals surface area contributed by atoms with Gasteiger partial charge in [-0.3, -0.25) is 4.79 Å². The molecule has 4 aromatic carbocycles. The molecule has 1 N–H and O–H groups in total. The van der Waals surface area contributed by atoms with Crippen LogP contribution in [0.4, 0.5) is 0 Å². The Hall–Kier alpha value is -4.58. The Balaban J connectivity index is 1.27. The van der Waals surface area contributed by atoms with Gasteiger partial charge >= 0.3 is 5.97 Å². The summed E-state index contributed by atoms with van der Waals surface area (Å²) in [6, 6.07) is 33.7. The minimum atomic E-state index is -0.826. The number of benzene rings is 4. The average molecular weight is 524 g/mol. The fourth-order valence-corrected chi connectivity index (χ4v) is 4.09. The van der Waals surface area contributed by atoms with E-state index in [1.54, 1.807) is 24.3 Å². The molecule has 0 aliphatic rings. The molecule has 0 fully saturated rings. The number of amides is 1. The SMILES string of the molecule is COC(=O)[C@H](Cc1ccc(OCc2ccccc2)cc1)NC(=O)c1ccc(OCCCc2ccccc2)cc1. The maximum absolute atomic E-state index is 12.9. The van der Waals surface area contributed by atoms with E-state index in [2.05, 4.69) is 17.4 Å². The standard InChI is InChI=1S/C33H33NO5/c1-37-33(36)31(23-26-14-18-30(19-15-26)39-24-27-11-6-3-7-12-27)34-32(35)28-16-20-29(21-17-28)38-22-8-13-25-9-4-2-5-10-25/h2-7,9-12,14-21,31H,8,13,22-24H2,1H3,(H,34,35)/t31-/m0/s1. The zero-order valence-electron chi connectivity index (χ0n) is 22.0. The quantitative estimate of drug-likeness (QED) is 0.177. The first-order valence-electron chi connectivity index (χ1n) is 13.0. The summed E-state index contributed by atoms with van der Waals surface area (Å²) in [5, 5.41) is 2.80. The van der Waals surface area contributed by atoms with Crippen LogP contribution in [0.25, 0.3) is 0 Å². The van der Waals surface area contributed by atoms with Gasteiger partial charge in [0.1, 0.15) is 24.1 Å². The number of aryl methyl sites for hydroxylation is 1. The van der Waals surface area contributed by atoms with E-state index in [0.29, 0.717) is 30.9 Å². The van der Waals surface area contributed by atoms with Crippen LogP contribution in [0.2, 0.25) is 0 Å². The van der Waals surface area contributed by atoms with Crippen LogP contribution < -0.4 is 14.8 Å². The molecule has 6 heteroatoms. The fraction of sp³-hybridized carbons (Fsp3) is 0.212. The van der Waals surface area contributed by atoms with Gasteiger partial charge in [0.25, 0.3) is 5.91 Å². The van der Waals surface area contributed by atoms with Crippen molar-refractivity contribution in [3.05, 3.63) is 131 Å². The molecule has 6 nitrogen and oxygen atoms in total. The summed E-state index contributed by atoms with van der Waals surface area (Å²) in [7, 11) is 1.31. The number of methoxy groups -OCH3 is 1. The van der Waals surface area contributed by atoms with Crippen LogP contribution >= 0.6 is 0 Å². The van der Waals surface area contributed by atoms with Crippen LogP contribution in [0, 0.1) is 0 Å². The summed E-state index contributed by atoms with van der Waals surface area (Å²) in [5.41, 5.74) is 3.67. The van der Waals surface area contributed by atoms with E-state index < -0.39 is 12.0 Å². The predicted molar refractivity (Wildman–Crippen MR) is 151 cm³/mol. The number of carbonyl (C=O) groups excluding carboxylic acids is 2. The van der Waals surface area contributed by atoms with E-state index in [0.717, 1.165) is 29.7 Å². The van der Waals surface area contributed by atoms with E-state index >= 15 is 0 Å². The molecule has 1 atom stereocenters. The van der Waals surface area contributed by atoms with Crippen molar-refractivity contribution in [3.63, 3.8) is 0 Å². The summed E-state index contributed by atoms with van der Waals surface area (Å²) >= 11 is 0. The van der Waals surface area contributed by atoms with E-state index in [1.807, 2.05) is 72.8 Å². The zero-order valence-corrected chi connectivity index (χ0v) is 22.0. The second-order valence-electron chi connectivity index (χ2n) is 9.13. The van der Waals surface area contributed by atoms with Crippen LogP contribution in [-0.2, 0) is 29.0 Å². The van der Waals surface area contributed by atoms with Crippen molar-refractivity contribution in [1.29, 1.82) is 0 Å². The Kier molecular flexibility index (Phi) is 10.1. The molecule has 200 valence electrons. The molecule has 0 saturated heterocycles. The fourth-order valence-electron chi connectivity index (χ4n) is 4.09. The van der Waals surface area contributed by atoms with Gasteiger partial charge in [-0.1, -0.05) is 72.8 Å². The van der Waals surface area contributed by atoms with Crippen molar-refractivity contribution in [2.24, 2.45) is 0 Å². The lowest BCUT2D eigenvalue weighted by Gasteiger charge is -2.17. The van der Waals surface area contributed by atoms with Gasteiger partial charge in [-0.2, -0.15) is 0 Å². The first-order valence-corrected chi connectivity index (χ1v) is 13.0. The molecule has 1 amide bonds. The highest BCUT2D eigenvalue weighted by molar-refractivity contribution is 5.96. The molecule has 0 saturated carbocycles. The van der Waals surface area contributed by atoms with Gasteiger partial charge in [-0.05, 0) is 65.9 Å². The van der Waals surface area contributed by atoms with Crippen LogP contribution in [0.3, 0.4) is 0 Å². The molecule has 0 unspecified atom stereocenters. The first-order chi connectivity index (χ1) is 19.1. The molecular weight excluding hydrogens is 490 g/mol. The minimum Gasteiger partial charge on any atom is -0.494 e. The largest absolute Gasteiger partial charge is 0.494 e. The number of hydrogen-bond acceptors (Lipinski definition) is 5. The Bertz CT molecular complexity index is 1310. The summed E-state index contributed by atoms with van der Waals surface area (Å²) < 4.78 is 16.6. The van der Waals surface area contributed by atoms with Crippen molar-refractivity contribution in [3.8, 4) is 11.5 Å². The van der Waals surface area contributed by atoms with Crippen molar-refractivity contribution < 1.29 is 23.8 Å². The molecule has 0 aliphatic heterocycles. The normalized spacial score (nSPS) is 11.3. The Morgan fingerprint density at radius 2 is 1.28 bits per heavy atom. The first kappa shape index (κ1) is 27.5. The topological polar surface area (TPSA) is 73.9 Å². The van der Waals surface area contributed by atoms with Crippen LogP contribution in [0.5, 0.6) is 11.5 Å². The van der Waals surface area contributed by atoms with Crippen molar-refractivity contribution in [2.45, 2.75) is 31.9 Å². The van der Waals surface area contributed by atoms with Crippen molar-refractivity contribution in [2.75, 3.05) is 13.7 Å². The summed E-state index contributed by atoms with van der Waals surface area (Å²) in [6.07, 6.45) is 2.13. The third-order valence-corrected chi connectivity index (χ3v) is 6.24. The van der Waals surface area contributed by atoms with Gasteiger partial charge in [0.05, 0.1) is 13.7 Å². The number of ether oxygens (including phenoxy) is 3. The third kappa shape index (κ3) is 8.75. The van der Waals surface area contributed by atoms with Gasteiger partial charge in [-0.25, -0.2) is 4.79 Å². The zero-order chi connectivity index (χ0) is 27.3. The van der Waals surface area contributed by atoms with E-state index in [9.17, 15) is 9.59 Å². The van der Waals surface area contributed by atoms with Gasteiger partial charge < -0.3 is 19.5 Å². The Morgan fingerprint density at radius 3 is 1.92 bits per heavy atom. The van der Waals surface area contributed by atoms with Gasteiger partial charge in [0.2, 0.25) is 0 Å². The highest BCUT2D eigenvalue weighted by Gasteiger charge is 2.22. The number of nitrogens with one attached hydrogen (secondary N) is 1. The highest BCUT2D eigenvalue weighted by Crippen LogP contribution is 2.17. The Labute approximate surface area is 229 Å². The lowest BCUT2D eigenvalue weighted by Crippen LogP contribution is -2.43. The maximum Gasteiger partial charge on any atom is 0.328 e. The minimum absolute atomic E-state index is 0.292. The number of rotatable bonds is 13. The average Bonchev–Trinajstić information content (AvgIpc) is 2.99. The molecular formula is C33H33NO5. The van der Waals surface area contributed by atoms with Crippen LogP contribution in [0.15, 0.2) is 109 Å². The molecule has 4 aromatic rings. The third-order valence-electron chi connectivity index (χ3n) is 6.24. The van der Waals surface area contributed by atoms with Crippen LogP contribution in [0.1, 0.15) is 33.5 Å². The molecule has 0 heterocycles. The Morgan fingerprint density at radius 1 is 0.692 bits per heavy atom. The van der Waals surface area contributed by atoms with E-state index in [4.69, 9.17) is 14.2 Å². The molecule has 0 aliphatic carbocycles. The molecule has 0 radical (unpaired) electrons. The van der Waals surface area contributed by atoms with Gasteiger partial charge in [0, 0.05) is 12.0 Å². The lowest BCUT2D eigenvalue weighted by molar-refractivity contribution is -0.142. The molecule has 0 aromatic heterocycles. The molecule has 0 spiro atoms. The summed E-state index contributed by atoms with van der Waals surface area (Å²) in [6.45, 7) is 1.06. The highest BCUT2D eigenvalue weighted by atomic mass is 16.5. The van der Waals surface area contributed by atoms with Gasteiger partial charge in [-0.15, -0.1) is 0 Å². The number of esters is 1. The smallest absolute Gasteiger partial charge is 0.328 e. The molecule has 0 bridgehead atoms. The summed E-state index contributed by atoms with van der Waals surface area (Å²) in [5.74, 6) is 0.553. The van der Waals surface area contributed by atoms with Crippen molar-refractivity contribution >= 4 is 11.9 Å². The number of carbonyl (C=O) groups is 2. The van der Waals surface area contributed by atoms with Gasteiger partial charge in [0.15, 0.2) is 0 Å². The summed E-state index contributed by atoms with van der Waals surface area (Å²) in [4.78, 5) is 25.3. The second-order valence-corrected chi connectivity index (χ2v) is 9.13.